The van der Waals surface area contributed by atoms with Crippen LogP contribution in [0.2, 0.25) is 0 Å². The van der Waals surface area contributed by atoms with Gasteiger partial charge in [0, 0.05) is 12.6 Å². The second-order valence-corrected chi connectivity index (χ2v) is 1.56. The number of rotatable bonds is 3. The molecular formula is C5H9N3O. The zero-order valence-electron chi connectivity index (χ0n) is 5.00. The van der Waals surface area contributed by atoms with Gasteiger partial charge in [0.25, 0.3) is 0 Å². The zero-order valence-corrected chi connectivity index (χ0v) is 5.00. The molecule has 50 valence electrons. The molecule has 0 bridgehead atoms. The molecule has 0 unspecified atom stereocenters. The summed E-state index contributed by atoms with van der Waals surface area (Å²) in [7, 11) is 0. The average Bonchev–Trinajstić information content (AvgIpc) is 2.34. The molecule has 0 fully saturated rings. The number of hydrogen-bond acceptors (Lipinski definition) is 3. The van der Waals surface area contributed by atoms with Gasteiger partial charge in [-0.15, -0.1) is 0 Å². The topological polar surface area (TPSA) is 63.9 Å². The number of nitrogens with one attached hydrogen (secondary N) is 1. The third kappa shape index (κ3) is 1.73. The lowest BCUT2D eigenvalue weighted by Crippen LogP contribution is -2.10. The normalized spacial score (nSPS) is 9.44. The molecule has 0 spiro atoms. The maximum atomic E-state index is 5.19. The van der Waals surface area contributed by atoms with E-state index >= 15 is 0 Å². The summed E-state index contributed by atoms with van der Waals surface area (Å²) in [5.74, 6) is 0.667. The molecule has 0 radical (unpaired) electrons. The SMILES string of the molecule is NCCOc1ccn[nH]1. The van der Waals surface area contributed by atoms with Crippen molar-refractivity contribution < 1.29 is 4.74 Å². The van der Waals surface area contributed by atoms with Gasteiger partial charge in [-0.2, -0.15) is 5.10 Å². The molecule has 4 heteroatoms. The standard InChI is InChI=1S/C5H9N3O/c6-2-4-9-5-1-3-7-8-5/h1,3H,2,4,6H2,(H,7,8). The van der Waals surface area contributed by atoms with E-state index in [1.54, 1.807) is 12.3 Å². The molecule has 0 aliphatic heterocycles. The van der Waals surface area contributed by atoms with Crippen molar-refractivity contribution >= 4 is 0 Å². The van der Waals surface area contributed by atoms with E-state index in [0.29, 0.717) is 19.0 Å². The van der Waals surface area contributed by atoms with Crippen LogP contribution in [0.15, 0.2) is 12.3 Å². The molecule has 4 nitrogen and oxygen atoms in total. The van der Waals surface area contributed by atoms with Gasteiger partial charge in [-0.25, -0.2) is 5.10 Å². The van der Waals surface area contributed by atoms with E-state index in [9.17, 15) is 0 Å². The van der Waals surface area contributed by atoms with Crippen LogP contribution >= 0.6 is 0 Å². The van der Waals surface area contributed by atoms with Crippen molar-refractivity contribution in [3.8, 4) is 5.88 Å². The Bertz CT molecular complexity index is 149. The van der Waals surface area contributed by atoms with Crippen molar-refractivity contribution in [2.75, 3.05) is 13.2 Å². The lowest BCUT2D eigenvalue weighted by Gasteiger charge is -1.97. The Kier molecular flexibility index (Phi) is 2.09. The first kappa shape index (κ1) is 6.10. The van der Waals surface area contributed by atoms with Crippen molar-refractivity contribution in [2.24, 2.45) is 5.73 Å². The molecule has 1 aromatic heterocycles. The highest BCUT2D eigenvalue weighted by Gasteiger charge is 1.88. The van der Waals surface area contributed by atoms with E-state index in [1.807, 2.05) is 0 Å². The Labute approximate surface area is 53.0 Å². The van der Waals surface area contributed by atoms with Gasteiger partial charge in [-0.05, 0) is 0 Å². The highest BCUT2D eigenvalue weighted by atomic mass is 16.5. The van der Waals surface area contributed by atoms with Crippen LogP contribution in [-0.2, 0) is 0 Å². The van der Waals surface area contributed by atoms with Crippen LogP contribution in [0.25, 0.3) is 0 Å². The van der Waals surface area contributed by atoms with Gasteiger partial charge in [0.2, 0.25) is 5.88 Å². The first-order valence-corrected chi connectivity index (χ1v) is 2.75. The maximum absolute atomic E-state index is 5.19. The molecule has 1 aromatic rings. The Balaban J connectivity index is 2.30. The van der Waals surface area contributed by atoms with Crippen LogP contribution in [0.3, 0.4) is 0 Å². The summed E-state index contributed by atoms with van der Waals surface area (Å²) in [6, 6.07) is 1.75. The average molecular weight is 127 g/mol. The van der Waals surface area contributed by atoms with Gasteiger partial charge in [0.15, 0.2) is 0 Å². The Morgan fingerprint density at radius 1 is 1.78 bits per heavy atom. The van der Waals surface area contributed by atoms with Crippen molar-refractivity contribution in [3.05, 3.63) is 12.3 Å². The second-order valence-electron chi connectivity index (χ2n) is 1.56. The van der Waals surface area contributed by atoms with Gasteiger partial charge in [0.1, 0.15) is 6.61 Å². The van der Waals surface area contributed by atoms with E-state index in [-0.39, 0.29) is 0 Å². The van der Waals surface area contributed by atoms with Crippen molar-refractivity contribution in [1.82, 2.24) is 10.2 Å². The molecule has 0 aromatic carbocycles. The fourth-order valence-corrected chi connectivity index (χ4v) is 0.492. The fourth-order valence-electron chi connectivity index (χ4n) is 0.492. The lowest BCUT2D eigenvalue weighted by atomic mass is 10.7. The Morgan fingerprint density at radius 3 is 3.22 bits per heavy atom. The number of aromatic amines is 1. The molecule has 0 saturated carbocycles. The minimum Gasteiger partial charge on any atom is -0.477 e. The van der Waals surface area contributed by atoms with E-state index in [0.717, 1.165) is 0 Å². The molecule has 0 aliphatic carbocycles. The Morgan fingerprint density at radius 2 is 2.67 bits per heavy atom. The summed E-state index contributed by atoms with van der Waals surface area (Å²) < 4.78 is 5.05. The summed E-state index contributed by atoms with van der Waals surface area (Å²) in [5.41, 5.74) is 5.19. The highest BCUT2D eigenvalue weighted by Crippen LogP contribution is 1.99. The van der Waals surface area contributed by atoms with Crippen LogP contribution < -0.4 is 10.5 Å². The maximum Gasteiger partial charge on any atom is 0.209 e. The molecule has 9 heavy (non-hydrogen) atoms. The van der Waals surface area contributed by atoms with Crippen LogP contribution in [0.5, 0.6) is 5.88 Å². The highest BCUT2D eigenvalue weighted by molar-refractivity contribution is 5.03. The van der Waals surface area contributed by atoms with Gasteiger partial charge in [0.05, 0.1) is 6.20 Å². The first-order valence-electron chi connectivity index (χ1n) is 2.75. The molecule has 1 rings (SSSR count). The lowest BCUT2D eigenvalue weighted by molar-refractivity contribution is 0.315. The van der Waals surface area contributed by atoms with E-state index in [2.05, 4.69) is 10.2 Å². The first-order chi connectivity index (χ1) is 4.43. The summed E-state index contributed by atoms with van der Waals surface area (Å²) >= 11 is 0. The minimum absolute atomic E-state index is 0.527. The molecule has 0 atom stereocenters. The monoisotopic (exact) mass is 127 g/mol. The van der Waals surface area contributed by atoms with Crippen LogP contribution in [-0.4, -0.2) is 23.3 Å². The van der Waals surface area contributed by atoms with Gasteiger partial charge in [-0.3, -0.25) is 0 Å². The van der Waals surface area contributed by atoms with E-state index < -0.39 is 0 Å². The van der Waals surface area contributed by atoms with E-state index in [1.165, 1.54) is 0 Å². The molecule has 0 aliphatic rings. The predicted octanol–water partition coefficient (Wildman–Crippen LogP) is -0.253. The molecule has 3 N–H and O–H groups in total. The number of nitrogens with zero attached hydrogens (tertiary/aromatic N) is 1. The number of H-pyrrole nitrogens is 1. The predicted molar refractivity (Wildman–Crippen MR) is 33.1 cm³/mol. The summed E-state index contributed by atoms with van der Waals surface area (Å²) in [4.78, 5) is 0. The number of hydrogen-bond donors (Lipinski definition) is 2. The summed E-state index contributed by atoms with van der Waals surface area (Å²) in [6.07, 6.45) is 1.63. The quantitative estimate of drug-likeness (QED) is 0.588. The Hall–Kier alpha value is -1.03. The zero-order chi connectivity index (χ0) is 6.53. The smallest absolute Gasteiger partial charge is 0.209 e. The number of aromatic nitrogens is 2. The van der Waals surface area contributed by atoms with Crippen molar-refractivity contribution in [1.29, 1.82) is 0 Å². The summed E-state index contributed by atoms with van der Waals surface area (Å²) in [5, 5.41) is 6.33. The number of ether oxygens (including phenoxy) is 1. The van der Waals surface area contributed by atoms with Crippen LogP contribution in [0.1, 0.15) is 0 Å². The minimum atomic E-state index is 0.527. The van der Waals surface area contributed by atoms with E-state index in [4.69, 9.17) is 10.5 Å². The molecular weight excluding hydrogens is 118 g/mol. The number of nitrogens with two attached hydrogens (primary N) is 1. The third-order valence-corrected chi connectivity index (χ3v) is 0.851. The van der Waals surface area contributed by atoms with Crippen LogP contribution in [0.4, 0.5) is 0 Å². The summed E-state index contributed by atoms with van der Waals surface area (Å²) in [6.45, 7) is 1.06. The van der Waals surface area contributed by atoms with Crippen molar-refractivity contribution in [2.45, 2.75) is 0 Å². The van der Waals surface area contributed by atoms with Gasteiger partial charge < -0.3 is 10.5 Å². The third-order valence-electron chi connectivity index (χ3n) is 0.851. The van der Waals surface area contributed by atoms with Crippen LogP contribution in [0, 0.1) is 0 Å². The van der Waals surface area contributed by atoms with Gasteiger partial charge in [-0.1, -0.05) is 0 Å². The molecule has 0 saturated heterocycles. The van der Waals surface area contributed by atoms with Gasteiger partial charge >= 0.3 is 0 Å². The molecule has 0 amide bonds. The van der Waals surface area contributed by atoms with Crippen molar-refractivity contribution in [3.63, 3.8) is 0 Å². The molecule has 1 heterocycles. The largest absolute Gasteiger partial charge is 0.477 e. The fraction of sp³-hybridized carbons (Fsp3) is 0.400. The second kappa shape index (κ2) is 3.09.